The molecule has 0 spiro atoms. The van der Waals surface area contributed by atoms with Gasteiger partial charge in [0.15, 0.2) is 0 Å². The highest BCUT2D eigenvalue weighted by atomic mass is 32.1. The van der Waals surface area contributed by atoms with Crippen molar-refractivity contribution in [1.82, 2.24) is 4.98 Å². The number of ether oxygens (including phenoxy) is 1. The summed E-state index contributed by atoms with van der Waals surface area (Å²) < 4.78 is 5.44. The first-order valence-corrected chi connectivity index (χ1v) is 7.68. The third kappa shape index (κ3) is 2.41. The summed E-state index contributed by atoms with van der Waals surface area (Å²) in [5.41, 5.74) is 8.61. The molecule has 3 aromatic rings. The normalized spacial score (nSPS) is 12.6. The highest BCUT2D eigenvalue weighted by Crippen LogP contribution is 2.34. The average Bonchev–Trinajstić information content (AvgIpc) is 2.85. The van der Waals surface area contributed by atoms with Crippen molar-refractivity contribution >= 4 is 22.1 Å². The van der Waals surface area contributed by atoms with Crippen LogP contribution < -0.4 is 10.5 Å². The number of thiazole rings is 1. The Hall–Kier alpha value is -1.91. The molecule has 108 valence electrons. The molecule has 1 unspecified atom stereocenters. The summed E-state index contributed by atoms with van der Waals surface area (Å²) in [6.07, 6.45) is 0. The van der Waals surface area contributed by atoms with E-state index in [9.17, 15) is 0 Å². The number of hydrogen-bond acceptors (Lipinski definition) is 4. The van der Waals surface area contributed by atoms with Crippen molar-refractivity contribution in [2.45, 2.75) is 19.9 Å². The average molecular weight is 298 g/mol. The van der Waals surface area contributed by atoms with E-state index in [1.165, 1.54) is 4.88 Å². The van der Waals surface area contributed by atoms with Gasteiger partial charge in [0.2, 0.25) is 0 Å². The molecule has 1 aromatic heterocycles. The van der Waals surface area contributed by atoms with Crippen molar-refractivity contribution in [2.75, 3.05) is 7.11 Å². The Morgan fingerprint density at radius 1 is 1.10 bits per heavy atom. The van der Waals surface area contributed by atoms with E-state index in [1.807, 2.05) is 31.2 Å². The van der Waals surface area contributed by atoms with E-state index in [-0.39, 0.29) is 6.04 Å². The van der Waals surface area contributed by atoms with E-state index < -0.39 is 0 Å². The van der Waals surface area contributed by atoms with Crippen LogP contribution in [-0.4, -0.2) is 12.1 Å². The zero-order chi connectivity index (χ0) is 15.0. The van der Waals surface area contributed by atoms with Crippen molar-refractivity contribution < 1.29 is 4.74 Å². The third-order valence-electron chi connectivity index (χ3n) is 3.78. The van der Waals surface area contributed by atoms with Gasteiger partial charge in [0.05, 0.1) is 18.8 Å². The largest absolute Gasteiger partial charge is 0.496 e. The van der Waals surface area contributed by atoms with Crippen LogP contribution in [-0.2, 0) is 0 Å². The minimum Gasteiger partial charge on any atom is -0.496 e. The molecule has 3 rings (SSSR count). The minimum absolute atomic E-state index is 0.210. The molecular formula is C17H18N2OS. The Balaban J connectivity index is 2.16. The highest BCUT2D eigenvalue weighted by Gasteiger charge is 2.17. The fourth-order valence-corrected chi connectivity index (χ4v) is 3.45. The lowest BCUT2D eigenvalue weighted by Crippen LogP contribution is -2.12. The second-order valence-corrected chi connectivity index (χ2v) is 6.31. The second-order valence-electron chi connectivity index (χ2n) is 5.07. The molecule has 21 heavy (non-hydrogen) atoms. The lowest BCUT2D eigenvalue weighted by Gasteiger charge is -2.14. The molecule has 3 nitrogen and oxygen atoms in total. The van der Waals surface area contributed by atoms with Crippen LogP contribution in [0.5, 0.6) is 5.75 Å². The monoisotopic (exact) mass is 298 g/mol. The number of hydrogen-bond donors (Lipinski definition) is 1. The Labute approximate surface area is 128 Å². The second kappa shape index (κ2) is 5.47. The Morgan fingerprint density at radius 2 is 1.81 bits per heavy atom. The van der Waals surface area contributed by atoms with Gasteiger partial charge in [-0.05, 0) is 30.9 Å². The lowest BCUT2D eigenvalue weighted by molar-refractivity contribution is 0.419. The lowest BCUT2D eigenvalue weighted by atomic mass is 9.99. The summed E-state index contributed by atoms with van der Waals surface area (Å²) in [6.45, 7) is 4.10. The molecule has 0 saturated carbocycles. The maximum Gasteiger partial charge on any atom is 0.126 e. The smallest absolute Gasteiger partial charge is 0.126 e. The van der Waals surface area contributed by atoms with E-state index >= 15 is 0 Å². The van der Waals surface area contributed by atoms with E-state index in [0.717, 1.165) is 32.8 Å². The SMILES string of the molecule is COc1ccc(C(N)c2nc(C)c(C)s2)c2ccccc12. The van der Waals surface area contributed by atoms with E-state index in [4.69, 9.17) is 10.5 Å². The Kier molecular flexibility index (Phi) is 3.66. The number of aryl methyl sites for hydroxylation is 2. The van der Waals surface area contributed by atoms with Crippen molar-refractivity contribution in [3.8, 4) is 5.75 Å². The molecule has 1 atom stereocenters. The molecular weight excluding hydrogens is 280 g/mol. The van der Waals surface area contributed by atoms with Crippen LogP contribution in [0.1, 0.15) is 27.2 Å². The van der Waals surface area contributed by atoms with Crippen molar-refractivity contribution in [3.05, 3.63) is 57.5 Å². The molecule has 4 heteroatoms. The van der Waals surface area contributed by atoms with Gasteiger partial charge in [-0.25, -0.2) is 4.98 Å². The van der Waals surface area contributed by atoms with Gasteiger partial charge in [-0.3, -0.25) is 0 Å². The van der Waals surface area contributed by atoms with Gasteiger partial charge >= 0.3 is 0 Å². The molecule has 0 saturated heterocycles. The number of methoxy groups -OCH3 is 1. The van der Waals surface area contributed by atoms with Crippen molar-refractivity contribution in [3.63, 3.8) is 0 Å². The van der Waals surface area contributed by atoms with E-state index in [0.29, 0.717) is 0 Å². The maximum absolute atomic E-state index is 6.46. The first kappa shape index (κ1) is 14.0. The molecule has 2 N–H and O–H groups in total. The number of nitrogens with two attached hydrogens (primary N) is 1. The predicted molar refractivity (Wildman–Crippen MR) is 88.1 cm³/mol. The van der Waals surface area contributed by atoms with E-state index in [1.54, 1.807) is 18.4 Å². The fraction of sp³-hybridized carbons (Fsp3) is 0.235. The van der Waals surface area contributed by atoms with Gasteiger partial charge in [0, 0.05) is 10.3 Å². The Bertz CT molecular complexity index is 775. The third-order valence-corrected chi connectivity index (χ3v) is 4.94. The summed E-state index contributed by atoms with van der Waals surface area (Å²) in [5.74, 6) is 0.869. The van der Waals surface area contributed by atoms with Gasteiger partial charge in [0.25, 0.3) is 0 Å². The first-order chi connectivity index (χ1) is 10.1. The zero-order valence-corrected chi connectivity index (χ0v) is 13.2. The zero-order valence-electron chi connectivity index (χ0n) is 12.4. The summed E-state index contributed by atoms with van der Waals surface area (Å²) in [4.78, 5) is 5.82. The van der Waals surface area contributed by atoms with Gasteiger partial charge < -0.3 is 10.5 Å². The fourth-order valence-electron chi connectivity index (χ4n) is 2.51. The molecule has 1 heterocycles. The summed E-state index contributed by atoms with van der Waals surface area (Å²) in [6, 6.07) is 12.0. The van der Waals surface area contributed by atoms with Crippen LogP contribution >= 0.6 is 11.3 Å². The van der Waals surface area contributed by atoms with Gasteiger partial charge in [-0.15, -0.1) is 11.3 Å². The van der Waals surface area contributed by atoms with E-state index in [2.05, 4.69) is 24.0 Å². The van der Waals surface area contributed by atoms with Crippen LogP contribution in [0.4, 0.5) is 0 Å². The number of nitrogens with zero attached hydrogens (tertiary/aromatic N) is 1. The quantitative estimate of drug-likeness (QED) is 0.796. The van der Waals surface area contributed by atoms with Crippen LogP contribution in [0.3, 0.4) is 0 Å². The molecule has 0 aliphatic heterocycles. The molecule has 0 aliphatic rings. The number of fused-ring (bicyclic) bond motifs is 1. The van der Waals surface area contributed by atoms with Crippen LogP contribution in [0.25, 0.3) is 10.8 Å². The molecule has 0 radical (unpaired) electrons. The molecule has 0 bridgehead atoms. The summed E-state index contributed by atoms with van der Waals surface area (Å²) in [7, 11) is 1.69. The number of rotatable bonds is 3. The first-order valence-electron chi connectivity index (χ1n) is 6.87. The standard InChI is InChI=1S/C17H18N2OS/c1-10-11(2)21-17(19-10)16(18)14-8-9-15(20-3)13-7-5-4-6-12(13)14/h4-9,16H,18H2,1-3H3. The van der Waals surface area contributed by atoms with Crippen LogP contribution in [0, 0.1) is 13.8 Å². The summed E-state index contributed by atoms with van der Waals surface area (Å²) in [5, 5.41) is 3.16. The van der Waals surface area contributed by atoms with Gasteiger partial charge in [0.1, 0.15) is 10.8 Å². The predicted octanol–water partition coefficient (Wildman–Crippen LogP) is 3.97. The summed E-state index contributed by atoms with van der Waals surface area (Å²) >= 11 is 1.67. The number of benzene rings is 2. The highest BCUT2D eigenvalue weighted by molar-refractivity contribution is 7.11. The van der Waals surface area contributed by atoms with Gasteiger partial charge in [-0.1, -0.05) is 30.3 Å². The molecule has 0 fully saturated rings. The van der Waals surface area contributed by atoms with Gasteiger partial charge in [-0.2, -0.15) is 0 Å². The van der Waals surface area contributed by atoms with Crippen LogP contribution in [0.2, 0.25) is 0 Å². The molecule has 0 amide bonds. The Morgan fingerprint density at radius 3 is 2.43 bits per heavy atom. The molecule has 2 aromatic carbocycles. The maximum atomic E-state index is 6.46. The molecule has 0 aliphatic carbocycles. The minimum atomic E-state index is -0.210. The van der Waals surface area contributed by atoms with Crippen LogP contribution in [0.15, 0.2) is 36.4 Å². The topological polar surface area (TPSA) is 48.1 Å². The van der Waals surface area contributed by atoms with Crippen molar-refractivity contribution in [2.24, 2.45) is 5.73 Å². The number of aromatic nitrogens is 1. The van der Waals surface area contributed by atoms with Crippen molar-refractivity contribution in [1.29, 1.82) is 0 Å².